The van der Waals surface area contributed by atoms with Gasteiger partial charge in [-0.25, -0.2) is 4.98 Å². The summed E-state index contributed by atoms with van der Waals surface area (Å²) in [5.74, 6) is -0.389. The molecule has 2 aromatic rings. The second-order valence-corrected chi connectivity index (χ2v) is 5.80. The fourth-order valence-corrected chi connectivity index (χ4v) is 2.88. The number of pyridine rings is 1. The zero-order chi connectivity index (χ0) is 16.3. The molecule has 22 heavy (non-hydrogen) atoms. The number of carbonyl (C=O) groups is 1. The Labute approximate surface area is 131 Å². The summed E-state index contributed by atoms with van der Waals surface area (Å²) >= 11 is 1.49. The summed E-state index contributed by atoms with van der Waals surface area (Å²) in [5.41, 5.74) is 1.14. The molecule has 1 unspecified atom stereocenters. The van der Waals surface area contributed by atoms with Gasteiger partial charge in [-0.15, -0.1) is 11.3 Å². The summed E-state index contributed by atoms with van der Waals surface area (Å²) in [6.45, 7) is 5.54. The number of aryl methyl sites for hydroxylation is 2. The van der Waals surface area contributed by atoms with Gasteiger partial charge in [0.15, 0.2) is 0 Å². The van der Waals surface area contributed by atoms with E-state index in [0.29, 0.717) is 5.56 Å². The van der Waals surface area contributed by atoms with Gasteiger partial charge in [0.05, 0.1) is 11.7 Å². The molecule has 1 amide bonds. The van der Waals surface area contributed by atoms with Gasteiger partial charge in [0.25, 0.3) is 11.5 Å². The van der Waals surface area contributed by atoms with Gasteiger partial charge in [-0.05, 0) is 31.9 Å². The van der Waals surface area contributed by atoms with Crippen LogP contribution in [0.5, 0.6) is 0 Å². The topological polar surface area (TPSA) is 98.6 Å². The molecule has 2 rings (SSSR count). The largest absolute Gasteiger partial charge is 0.342 e. The van der Waals surface area contributed by atoms with Gasteiger partial charge >= 0.3 is 0 Å². The Morgan fingerprint density at radius 3 is 2.91 bits per heavy atom. The standard InChI is InChI=1S/C15H16N4O2S/c1-4-11-7-22-15(18-11)9(3)17-14(21)12-8(2)5-10(6-16)13(20)19-12/h5,7,9H,4H2,1-3H3,(H,17,21)(H,19,20). The summed E-state index contributed by atoms with van der Waals surface area (Å²) < 4.78 is 0. The number of nitrogens with zero attached hydrogens (tertiary/aromatic N) is 2. The van der Waals surface area contributed by atoms with Gasteiger partial charge in [-0.2, -0.15) is 5.26 Å². The van der Waals surface area contributed by atoms with Crippen LogP contribution in [0.1, 0.15) is 52.2 Å². The van der Waals surface area contributed by atoms with Gasteiger partial charge < -0.3 is 10.3 Å². The predicted octanol–water partition coefficient (Wildman–Crippen LogP) is 2.06. The Bertz CT molecular complexity index is 801. The maximum Gasteiger partial charge on any atom is 0.268 e. The number of thiazole rings is 1. The Kier molecular flexibility index (Phi) is 4.73. The monoisotopic (exact) mass is 316 g/mol. The number of amides is 1. The molecular weight excluding hydrogens is 300 g/mol. The number of nitrogens with one attached hydrogen (secondary N) is 2. The first-order valence-electron chi connectivity index (χ1n) is 6.85. The summed E-state index contributed by atoms with van der Waals surface area (Å²) in [6, 6.07) is 2.95. The minimum Gasteiger partial charge on any atom is -0.342 e. The van der Waals surface area contributed by atoms with E-state index in [9.17, 15) is 9.59 Å². The Morgan fingerprint density at radius 2 is 2.32 bits per heavy atom. The van der Waals surface area contributed by atoms with Crippen LogP contribution >= 0.6 is 11.3 Å². The summed E-state index contributed by atoms with van der Waals surface area (Å²) in [5, 5.41) is 14.4. The van der Waals surface area contributed by atoms with E-state index in [4.69, 9.17) is 5.26 Å². The van der Waals surface area contributed by atoms with E-state index in [1.165, 1.54) is 17.4 Å². The minimum atomic E-state index is -0.562. The summed E-state index contributed by atoms with van der Waals surface area (Å²) in [7, 11) is 0. The highest BCUT2D eigenvalue weighted by Crippen LogP contribution is 2.18. The third kappa shape index (κ3) is 3.23. The first-order valence-corrected chi connectivity index (χ1v) is 7.73. The second kappa shape index (κ2) is 6.54. The Hall–Kier alpha value is -2.46. The molecule has 0 bridgehead atoms. The summed E-state index contributed by atoms with van der Waals surface area (Å²) in [4.78, 5) is 30.8. The smallest absolute Gasteiger partial charge is 0.268 e. The molecule has 2 heterocycles. The number of carbonyl (C=O) groups excluding carboxylic acids is 1. The van der Waals surface area contributed by atoms with Crippen LogP contribution in [-0.2, 0) is 6.42 Å². The Morgan fingerprint density at radius 1 is 1.59 bits per heavy atom. The highest BCUT2D eigenvalue weighted by Gasteiger charge is 2.17. The first-order chi connectivity index (χ1) is 10.5. The maximum atomic E-state index is 12.3. The number of aromatic amines is 1. The molecule has 0 aliphatic carbocycles. The van der Waals surface area contributed by atoms with Gasteiger partial charge in [0, 0.05) is 5.38 Å². The second-order valence-electron chi connectivity index (χ2n) is 4.91. The average molecular weight is 316 g/mol. The lowest BCUT2D eigenvalue weighted by Crippen LogP contribution is -2.30. The van der Waals surface area contributed by atoms with Crippen LogP contribution < -0.4 is 10.9 Å². The minimum absolute atomic E-state index is 0.00499. The van der Waals surface area contributed by atoms with Crippen LogP contribution in [-0.4, -0.2) is 15.9 Å². The highest BCUT2D eigenvalue weighted by atomic mass is 32.1. The van der Waals surface area contributed by atoms with E-state index in [1.807, 2.05) is 19.2 Å². The van der Waals surface area contributed by atoms with Crippen molar-refractivity contribution in [3.05, 3.63) is 49.3 Å². The van der Waals surface area contributed by atoms with Crippen molar-refractivity contribution in [2.45, 2.75) is 33.2 Å². The van der Waals surface area contributed by atoms with Crippen molar-refractivity contribution in [3.8, 4) is 6.07 Å². The van der Waals surface area contributed by atoms with Crippen molar-refractivity contribution in [1.29, 1.82) is 5.26 Å². The molecule has 2 aromatic heterocycles. The molecule has 7 heteroatoms. The van der Waals surface area contributed by atoms with E-state index < -0.39 is 5.56 Å². The maximum absolute atomic E-state index is 12.3. The molecule has 0 fully saturated rings. The van der Waals surface area contributed by atoms with E-state index in [2.05, 4.69) is 15.3 Å². The summed E-state index contributed by atoms with van der Waals surface area (Å²) in [6.07, 6.45) is 0.846. The third-order valence-electron chi connectivity index (χ3n) is 3.24. The normalized spacial score (nSPS) is 11.7. The SMILES string of the molecule is CCc1csc(C(C)NC(=O)c2[nH]c(=O)c(C#N)cc2C)n1. The molecule has 0 aliphatic rings. The molecule has 6 nitrogen and oxygen atoms in total. The molecule has 0 saturated carbocycles. The Balaban J connectivity index is 2.20. The molecule has 0 aliphatic heterocycles. The van der Waals surface area contributed by atoms with Crippen LogP contribution in [0.3, 0.4) is 0 Å². The lowest BCUT2D eigenvalue weighted by atomic mass is 10.1. The average Bonchev–Trinajstić information content (AvgIpc) is 2.98. The third-order valence-corrected chi connectivity index (χ3v) is 4.31. The van der Waals surface area contributed by atoms with Gasteiger partial charge in [0.1, 0.15) is 22.3 Å². The van der Waals surface area contributed by atoms with Crippen LogP contribution in [0.2, 0.25) is 0 Å². The van der Waals surface area contributed by atoms with Crippen molar-refractivity contribution in [2.75, 3.05) is 0 Å². The lowest BCUT2D eigenvalue weighted by Gasteiger charge is -2.12. The molecule has 114 valence electrons. The molecule has 0 aromatic carbocycles. The van der Waals surface area contributed by atoms with Gasteiger partial charge in [-0.1, -0.05) is 6.92 Å². The van der Waals surface area contributed by atoms with Crippen molar-refractivity contribution in [3.63, 3.8) is 0 Å². The predicted molar refractivity (Wildman–Crippen MR) is 83.9 cm³/mol. The number of aromatic nitrogens is 2. The molecule has 1 atom stereocenters. The van der Waals surface area contributed by atoms with E-state index in [0.717, 1.165) is 17.1 Å². The first kappa shape index (κ1) is 15.9. The zero-order valence-electron chi connectivity index (χ0n) is 12.6. The van der Waals surface area contributed by atoms with E-state index in [1.54, 1.807) is 13.0 Å². The molecule has 0 radical (unpaired) electrons. The van der Waals surface area contributed by atoms with Crippen molar-refractivity contribution < 1.29 is 4.79 Å². The number of hydrogen-bond donors (Lipinski definition) is 2. The number of hydrogen-bond acceptors (Lipinski definition) is 5. The van der Waals surface area contributed by atoms with Crippen LogP contribution in [0, 0.1) is 18.3 Å². The lowest BCUT2D eigenvalue weighted by molar-refractivity contribution is 0.0934. The van der Waals surface area contributed by atoms with Gasteiger partial charge in [0.2, 0.25) is 0 Å². The van der Waals surface area contributed by atoms with Crippen LogP contribution in [0.4, 0.5) is 0 Å². The number of H-pyrrole nitrogens is 1. The van der Waals surface area contributed by atoms with E-state index >= 15 is 0 Å². The molecule has 0 spiro atoms. The van der Waals surface area contributed by atoms with Crippen LogP contribution in [0.25, 0.3) is 0 Å². The fraction of sp³-hybridized carbons (Fsp3) is 0.333. The van der Waals surface area contributed by atoms with Crippen molar-refractivity contribution >= 4 is 17.2 Å². The molecule has 2 N–H and O–H groups in total. The number of nitriles is 1. The fourth-order valence-electron chi connectivity index (χ4n) is 1.97. The quantitative estimate of drug-likeness (QED) is 0.902. The van der Waals surface area contributed by atoms with Gasteiger partial charge in [-0.3, -0.25) is 9.59 Å². The highest BCUT2D eigenvalue weighted by molar-refractivity contribution is 7.09. The van der Waals surface area contributed by atoms with Crippen molar-refractivity contribution in [1.82, 2.24) is 15.3 Å². The number of rotatable bonds is 4. The molecule has 0 saturated heterocycles. The molecular formula is C15H16N4O2S. The zero-order valence-corrected chi connectivity index (χ0v) is 13.4. The van der Waals surface area contributed by atoms with E-state index in [-0.39, 0.29) is 23.2 Å². The van der Waals surface area contributed by atoms with Crippen molar-refractivity contribution in [2.24, 2.45) is 0 Å². The van der Waals surface area contributed by atoms with Crippen LogP contribution in [0.15, 0.2) is 16.2 Å².